The summed E-state index contributed by atoms with van der Waals surface area (Å²) in [5.41, 5.74) is 0.757. The molecule has 0 fully saturated rings. The van der Waals surface area contributed by atoms with E-state index < -0.39 is 15.3 Å². The van der Waals surface area contributed by atoms with Crippen molar-refractivity contribution in [3.05, 3.63) is 35.6 Å². The molecule has 1 aromatic rings. The highest BCUT2D eigenvalue weighted by Gasteiger charge is 2.15. The Morgan fingerprint density at radius 2 is 1.86 bits per heavy atom. The van der Waals surface area contributed by atoms with E-state index in [0.717, 1.165) is 5.56 Å². The summed E-state index contributed by atoms with van der Waals surface area (Å²) >= 11 is 0. The van der Waals surface area contributed by atoms with E-state index >= 15 is 0 Å². The van der Waals surface area contributed by atoms with E-state index in [2.05, 4.69) is 0 Å². The Morgan fingerprint density at radius 3 is 2.29 bits per heavy atom. The molecule has 1 unspecified atom stereocenters. The van der Waals surface area contributed by atoms with E-state index in [1.807, 2.05) is 0 Å². The Bertz CT molecular complexity index is 399. The molecule has 0 spiro atoms. The molecule has 0 radical (unpaired) electrons. The molecule has 0 aliphatic carbocycles. The number of benzene rings is 1. The number of sulfonamides is 1. The maximum atomic E-state index is 12.5. The second-order valence-electron chi connectivity index (χ2n) is 3.23. The first kappa shape index (κ1) is 11.1. The number of halogens is 1. The van der Waals surface area contributed by atoms with Gasteiger partial charge in [0.1, 0.15) is 5.82 Å². The molecular formula is C9H12FNO2S. The summed E-state index contributed by atoms with van der Waals surface area (Å²) in [6, 6.07) is 5.70. The van der Waals surface area contributed by atoms with E-state index in [9.17, 15) is 12.8 Å². The first-order valence-corrected chi connectivity index (χ1v) is 5.76. The molecule has 0 bridgehead atoms. The number of nitrogens with two attached hydrogens (primary N) is 1. The van der Waals surface area contributed by atoms with Crippen LogP contribution in [0.25, 0.3) is 0 Å². The van der Waals surface area contributed by atoms with Gasteiger partial charge in [0.05, 0.1) is 5.25 Å². The van der Waals surface area contributed by atoms with E-state index in [4.69, 9.17) is 5.14 Å². The van der Waals surface area contributed by atoms with E-state index in [1.54, 1.807) is 12.1 Å². The van der Waals surface area contributed by atoms with Gasteiger partial charge in [-0.25, -0.2) is 17.9 Å². The fourth-order valence-corrected chi connectivity index (χ4v) is 1.49. The fourth-order valence-electron chi connectivity index (χ4n) is 1.07. The third-order valence-electron chi connectivity index (χ3n) is 2.00. The van der Waals surface area contributed by atoms with Gasteiger partial charge < -0.3 is 0 Å². The maximum Gasteiger partial charge on any atom is 0.212 e. The van der Waals surface area contributed by atoms with Crippen molar-refractivity contribution in [1.82, 2.24) is 0 Å². The van der Waals surface area contributed by atoms with Crippen LogP contribution in [-0.2, 0) is 16.4 Å². The van der Waals surface area contributed by atoms with Crippen molar-refractivity contribution in [3.8, 4) is 0 Å². The molecule has 78 valence electrons. The Morgan fingerprint density at radius 1 is 1.36 bits per heavy atom. The third kappa shape index (κ3) is 3.08. The van der Waals surface area contributed by atoms with Gasteiger partial charge in [0.15, 0.2) is 0 Å². The minimum absolute atomic E-state index is 0.305. The van der Waals surface area contributed by atoms with Crippen LogP contribution in [0.2, 0.25) is 0 Å². The highest BCUT2D eigenvalue weighted by Crippen LogP contribution is 2.08. The second kappa shape index (κ2) is 4.06. The summed E-state index contributed by atoms with van der Waals surface area (Å²) in [5, 5.41) is 4.31. The molecular weight excluding hydrogens is 205 g/mol. The molecule has 0 aliphatic rings. The van der Waals surface area contributed by atoms with Crippen LogP contribution in [0.15, 0.2) is 24.3 Å². The highest BCUT2D eigenvalue weighted by molar-refractivity contribution is 7.89. The standard InChI is InChI=1S/C9H12FNO2S/c1-7(14(11,12)13)6-8-2-4-9(10)5-3-8/h2-5,7H,6H2,1H3,(H2,11,12,13). The van der Waals surface area contributed by atoms with Gasteiger partial charge in [-0.15, -0.1) is 0 Å². The molecule has 3 nitrogen and oxygen atoms in total. The smallest absolute Gasteiger partial charge is 0.212 e. The second-order valence-corrected chi connectivity index (χ2v) is 5.21. The van der Waals surface area contributed by atoms with Gasteiger partial charge in [-0.05, 0) is 31.0 Å². The van der Waals surface area contributed by atoms with Crippen molar-refractivity contribution in [2.45, 2.75) is 18.6 Å². The number of hydrogen-bond donors (Lipinski definition) is 1. The topological polar surface area (TPSA) is 60.2 Å². The molecule has 2 N–H and O–H groups in total. The van der Waals surface area contributed by atoms with Gasteiger partial charge in [0.25, 0.3) is 0 Å². The summed E-state index contributed by atoms with van der Waals surface area (Å²) in [6.45, 7) is 1.53. The van der Waals surface area contributed by atoms with Crippen LogP contribution in [-0.4, -0.2) is 13.7 Å². The Hall–Kier alpha value is -0.940. The van der Waals surface area contributed by atoms with Gasteiger partial charge in [0, 0.05) is 0 Å². The zero-order chi connectivity index (χ0) is 10.8. The lowest BCUT2D eigenvalue weighted by atomic mass is 10.1. The van der Waals surface area contributed by atoms with Crippen molar-refractivity contribution >= 4 is 10.0 Å². The average molecular weight is 217 g/mol. The largest absolute Gasteiger partial charge is 0.228 e. The quantitative estimate of drug-likeness (QED) is 0.822. The summed E-state index contributed by atoms with van der Waals surface area (Å²) in [5.74, 6) is -0.336. The predicted octanol–water partition coefficient (Wildman–Crippen LogP) is 1.05. The monoisotopic (exact) mass is 217 g/mol. The van der Waals surface area contributed by atoms with Crippen molar-refractivity contribution in [1.29, 1.82) is 0 Å². The first-order chi connectivity index (χ1) is 6.39. The molecule has 14 heavy (non-hydrogen) atoms. The summed E-state index contributed by atoms with van der Waals surface area (Å²) in [7, 11) is -3.50. The molecule has 1 rings (SSSR count). The first-order valence-electron chi connectivity index (χ1n) is 4.15. The van der Waals surface area contributed by atoms with Crippen molar-refractivity contribution < 1.29 is 12.8 Å². The van der Waals surface area contributed by atoms with Crippen LogP contribution >= 0.6 is 0 Å². The summed E-state index contributed by atoms with van der Waals surface area (Å²) < 4.78 is 34.3. The molecule has 0 saturated carbocycles. The highest BCUT2D eigenvalue weighted by atomic mass is 32.2. The van der Waals surface area contributed by atoms with Gasteiger partial charge in [-0.1, -0.05) is 12.1 Å². The lowest BCUT2D eigenvalue weighted by Gasteiger charge is -2.08. The molecule has 0 heterocycles. The van der Waals surface area contributed by atoms with Gasteiger partial charge in [0.2, 0.25) is 10.0 Å². The Kier molecular flexibility index (Phi) is 3.23. The molecule has 0 amide bonds. The molecule has 1 aromatic carbocycles. The summed E-state index contributed by atoms with van der Waals surface area (Å²) in [4.78, 5) is 0. The molecule has 1 atom stereocenters. The van der Waals surface area contributed by atoms with Gasteiger partial charge in [-0.2, -0.15) is 0 Å². The zero-order valence-electron chi connectivity index (χ0n) is 7.77. The van der Waals surface area contributed by atoms with Crippen LogP contribution in [0.3, 0.4) is 0 Å². The van der Waals surface area contributed by atoms with Crippen LogP contribution in [0.4, 0.5) is 4.39 Å². The summed E-state index contributed by atoms with van der Waals surface area (Å²) in [6.07, 6.45) is 0.305. The average Bonchev–Trinajstić information content (AvgIpc) is 2.07. The van der Waals surface area contributed by atoms with E-state index in [0.29, 0.717) is 6.42 Å². The normalized spacial score (nSPS) is 13.9. The lowest BCUT2D eigenvalue weighted by Crippen LogP contribution is -2.27. The van der Waals surface area contributed by atoms with Crippen molar-refractivity contribution in [3.63, 3.8) is 0 Å². The van der Waals surface area contributed by atoms with E-state index in [1.165, 1.54) is 19.1 Å². The molecule has 5 heteroatoms. The fraction of sp³-hybridized carbons (Fsp3) is 0.333. The SMILES string of the molecule is CC(Cc1ccc(F)cc1)S(N)(=O)=O. The van der Waals surface area contributed by atoms with Gasteiger partial charge >= 0.3 is 0 Å². The maximum absolute atomic E-state index is 12.5. The zero-order valence-corrected chi connectivity index (χ0v) is 8.59. The molecule has 0 saturated heterocycles. The van der Waals surface area contributed by atoms with Crippen molar-refractivity contribution in [2.75, 3.05) is 0 Å². The third-order valence-corrected chi connectivity index (χ3v) is 3.29. The molecule has 0 aliphatic heterocycles. The number of rotatable bonds is 3. The van der Waals surface area contributed by atoms with Crippen LogP contribution < -0.4 is 5.14 Å². The minimum Gasteiger partial charge on any atom is -0.228 e. The lowest BCUT2D eigenvalue weighted by molar-refractivity contribution is 0.584. The predicted molar refractivity (Wildman–Crippen MR) is 52.7 cm³/mol. The minimum atomic E-state index is -3.50. The Balaban J connectivity index is 2.75. The van der Waals surface area contributed by atoms with Crippen molar-refractivity contribution in [2.24, 2.45) is 5.14 Å². The van der Waals surface area contributed by atoms with E-state index in [-0.39, 0.29) is 5.82 Å². The van der Waals surface area contributed by atoms with Gasteiger partial charge in [-0.3, -0.25) is 0 Å². The van der Waals surface area contributed by atoms with Crippen LogP contribution in [0.5, 0.6) is 0 Å². The number of primary sulfonamides is 1. The Labute approximate surface area is 82.8 Å². The molecule has 0 aromatic heterocycles. The van der Waals surface area contributed by atoms with Crippen LogP contribution in [0, 0.1) is 5.82 Å². The number of hydrogen-bond acceptors (Lipinski definition) is 2. The van der Waals surface area contributed by atoms with Crippen LogP contribution in [0.1, 0.15) is 12.5 Å².